The summed E-state index contributed by atoms with van der Waals surface area (Å²) in [6.45, 7) is 5.88. The van der Waals surface area contributed by atoms with Crippen LogP contribution < -0.4 is 5.32 Å². The predicted molar refractivity (Wildman–Crippen MR) is 100 cm³/mol. The fourth-order valence-electron chi connectivity index (χ4n) is 4.26. The second-order valence-electron chi connectivity index (χ2n) is 7.25. The zero-order chi connectivity index (χ0) is 15.7. The first-order chi connectivity index (χ1) is 11.2. The van der Waals surface area contributed by atoms with Crippen molar-refractivity contribution in [1.29, 1.82) is 0 Å². The van der Waals surface area contributed by atoms with Crippen molar-refractivity contribution in [3.8, 4) is 11.3 Å². The Kier molecular flexibility index (Phi) is 5.28. The van der Waals surface area contributed by atoms with Crippen LogP contribution in [0.2, 0.25) is 0 Å². The van der Waals surface area contributed by atoms with E-state index in [4.69, 9.17) is 5.10 Å². The van der Waals surface area contributed by atoms with E-state index in [9.17, 15) is 0 Å². The van der Waals surface area contributed by atoms with E-state index in [1.165, 1.54) is 56.6 Å². The highest BCUT2D eigenvalue weighted by atomic mass is 35.5. The Hall–Kier alpha value is -1.36. The molecule has 0 saturated carbocycles. The number of aromatic nitrogens is 2. The summed E-state index contributed by atoms with van der Waals surface area (Å²) in [6, 6.07) is 10.6. The van der Waals surface area contributed by atoms with Gasteiger partial charge in [0.05, 0.1) is 5.69 Å². The predicted octanol–water partition coefficient (Wildman–Crippen LogP) is 3.08. The van der Waals surface area contributed by atoms with Crippen LogP contribution in [0.15, 0.2) is 36.5 Å². The topological polar surface area (TPSA) is 33.1 Å². The molecular weight excluding hydrogens is 320 g/mol. The lowest BCUT2D eigenvalue weighted by atomic mass is 9.78. The number of halogens is 1. The monoisotopic (exact) mass is 346 g/mol. The van der Waals surface area contributed by atoms with E-state index < -0.39 is 0 Å². The minimum absolute atomic E-state index is 0. The average Bonchev–Trinajstić information content (AvgIpc) is 3.13. The third-order valence-electron chi connectivity index (χ3n) is 5.53. The summed E-state index contributed by atoms with van der Waals surface area (Å²) in [5, 5.41) is 8.21. The van der Waals surface area contributed by atoms with Gasteiger partial charge in [-0.25, -0.2) is 0 Å². The van der Waals surface area contributed by atoms with E-state index in [-0.39, 0.29) is 12.4 Å². The number of rotatable bonds is 3. The first-order valence-corrected chi connectivity index (χ1v) is 8.75. The number of piperidine rings is 1. The van der Waals surface area contributed by atoms with E-state index in [0.717, 1.165) is 12.2 Å². The molecule has 5 heteroatoms. The molecule has 0 amide bonds. The van der Waals surface area contributed by atoms with Gasteiger partial charge in [-0.15, -0.1) is 12.4 Å². The van der Waals surface area contributed by atoms with Crippen molar-refractivity contribution in [2.75, 3.05) is 26.2 Å². The average molecular weight is 347 g/mol. The fraction of sp³-hybridized carbons (Fsp3) is 0.526. The molecule has 4 nitrogen and oxygen atoms in total. The van der Waals surface area contributed by atoms with Crippen LogP contribution in [0.1, 0.15) is 24.8 Å². The maximum Gasteiger partial charge on any atom is 0.0968 e. The lowest BCUT2D eigenvalue weighted by Crippen LogP contribution is -2.38. The second-order valence-corrected chi connectivity index (χ2v) is 7.25. The molecule has 1 N–H and O–H groups in total. The summed E-state index contributed by atoms with van der Waals surface area (Å²) >= 11 is 0. The van der Waals surface area contributed by atoms with Gasteiger partial charge >= 0.3 is 0 Å². The molecule has 2 saturated heterocycles. The van der Waals surface area contributed by atoms with Crippen molar-refractivity contribution < 1.29 is 0 Å². The fourth-order valence-corrected chi connectivity index (χ4v) is 4.26. The summed E-state index contributed by atoms with van der Waals surface area (Å²) in [7, 11) is 2.02. The second kappa shape index (κ2) is 7.26. The molecule has 24 heavy (non-hydrogen) atoms. The molecule has 0 bridgehead atoms. The van der Waals surface area contributed by atoms with Gasteiger partial charge in [0, 0.05) is 37.5 Å². The van der Waals surface area contributed by atoms with Gasteiger partial charge in [0.25, 0.3) is 0 Å². The van der Waals surface area contributed by atoms with Crippen LogP contribution in [-0.4, -0.2) is 40.9 Å². The van der Waals surface area contributed by atoms with Crippen LogP contribution in [0, 0.1) is 5.41 Å². The Bertz CT molecular complexity index is 661. The lowest BCUT2D eigenvalue weighted by Gasteiger charge is -2.33. The van der Waals surface area contributed by atoms with Gasteiger partial charge in [-0.2, -0.15) is 5.10 Å². The van der Waals surface area contributed by atoms with Crippen molar-refractivity contribution in [2.45, 2.75) is 25.8 Å². The number of nitrogens with zero attached hydrogens (tertiary/aromatic N) is 3. The molecule has 4 rings (SSSR count). The minimum atomic E-state index is 0. The Balaban J connectivity index is 0.00000169. The summed E-state index contributed by atoms with van der Waals surface area (Å²) in [5.41, 5.74) is 4.28. The van der Waals surface area contributed by atoms with Crippen molar-refractivity contribution >= 4 is 12.4 Å². The van der Waals surface area contributed by atoms with Gasteiger partial charge in [0.2, 0.25) is 0 Å². The Morgan fingerprint density at radius 1 is 1.12 bits per heavy atom. The molecule has 2 aromatic rings. The van der Waals surface area contributed by atoms with E-state index in [1.54, 1.807) is 0 Å². The molecule has 0 unspecified atom stereocenters. The van der Waals surface area contributed by atoms with E-state index in [2.05, 4.69) is 46.7 Å². The highest BCUT2D eigenvalue weighted by Gasteiger charge is 2.38. The zero-order valence-electron chi connectivity index (χ0n) is 14.4. The molecule has 3 heterocycles. The van der Waals surface area contributed by atoms with Crippen molar-refractivity contribution in [3.63, 3.8) is 0 Å². The van der Waals surface area contributed by atoms with Gasteiger partial charge in [0.15, 0.2) is 0 Å². The minimum Gasteiger partial charge on any atom is -0.317 e. The first kappa shape index (κ1) is 17.5. The molecule has 2 aliphatic rings. The molecule has 1 aromatic heterocycles. The van der Waals surface area contributed by atoms with Crippen molar-refractivity contribution in [2.24, 2.45) is 12.5 Å². The number of nitrogens with one attached hydrogen (secondary N) is 1. The molecular formula is C19H27ClN4. The quantitative estimate of drug-likeness (QED) is 0.927. The van der Waals surface area contributed by atoms with Crippen LogP contribution in [0.5, 0.6) is 0 Å². The molecule has 0 radical (unpaired) electrons. The Morgan fingerprint density at radius 3 is 2.62 bits per heavy atom. The molecule has 130 valence electrons. The van der Waals surface area contributed by atoms with Gasteiger partial charge in [-0.05, 0) is 44.3 Å². The van der Waals surface area contributed by atoms with Crippen LogP contribution in [0.3, 0.4) is 0 Å². The Morgan fingerprint density at radius 2 is 1.88 bits per heavy atom. The van der Waals surface area contributed by atoms with Crippen LogP contribution in [0.4, 0.5) is 0 Å². The van der Waals surface area contributed by atoms with E-state index in [1.807, 2.05) is 11.7 Å². The maximum atomic E-state index is 4.71. The van der Waals surface area contributed by atoms with Gasteiger partial charge < -0.3 is 5.32 Å². The SMILES string of the molecule is Cl.Cn1cc(CN2CCC3(CCNCC3)C2)c(-c2ccccc2)n1. The van der Waals surface area contributed by atoms with Crippen LogP contribution >= 0.6 is 12.4 Å². The number of hydrogen-bond donors (Lipinski definition) is 1. The van der Waals surface area contributed by atoms with Crippen LogP contribution in [-0.2, 0) is 13.6 Å². The zero-order valence-corrected chi connectivity index (χ0v) is 15.2. The number of hydrogen-bond acceptors (Lipinski definition) is 3. The van der Waals surface area contributed by atoms with Gasteiger partial charge in [-0.3, -0.25) is 9.58 Å². The van der Waals surface area contributed by atoms with Crippen LogP contribution in [0.25, 0.3) is 11.3 Å². The molecule has 1 aromatic carbocycles. The Labute approximate surface area is 150 Å². The van der Waals surface area contributed by atoms with Gasteiger partial charge in [0.1, 0.15) is 0 Å². The number of likely N-dealkylation sites (tertiary alicyclic amines) is 1. The summed E-state index contributed by atoms with van der Waals surface area (Å²) in [4.78, 5) is 2.63. The summed E-state index contributed by atoms with van der Waals surface area (Å²) in [6.07, 6.45) is 6.22. The normalized spacial score (nSPS) is 20.2. The lowest BCUT2D eigenvalue weighted by molar-refractivity contribution is 0.194. The third kappa shape index (κ3) is 3.51. The number of aryl methyl sites for hydroxylation is 1. The smallest absolute Gasteiger partial charge is 0.0968 e. The van der Waals surface area contributed by atoms with E-state index in [0.29, 0.717) is 5.41 Å². The molecule has 2 aliphatic heterocycles. The maximum absolute atomic E-state index is 4.71. The molecule has 2 fully saturated rings. The summed E-state index contributed by atoms with van der Waals surface area (Å²) in [5.74, 6) is 0. The number of benzene rings is 1. The first-order valence-electron chi connectivity index (χ1n) is 8.75. The standard InChI is InChI=1S/C19H26N4.ClH/c1-22-13-17(18(21-22)16-5-3-2-4-6-16)14-23-12-9-19(15-23)7-10-20-11-8-19;/h2-6,13,20H,7-12,14-15H2,1H3;1H. The van der Waals surface area contributed by atoms with Crippen molar-refractivity contribution in [1.82, 2.24) is 20.0 Å². The van der Waals surface area contributed by atoms with Crippen molar-refractivity contribution in [3.05, 3.63) is 42.1 Å². The van der Waals surface area contributed by atoms with Gasteiger partial charge in [-0.1, -0.05) is 30.3 Å². The van der Waals surface area contributed by atoms with E-state index >= 15 is 0 Å². The molecule has 0 aliphatic carbocycles. The largest absolute Gasteiger partial charge is 0.317 e. The third-order valence-corrected chi connectivity index (χ3v) is 5.53. The highest BCUT2D eigenvalue weighted by Crippen LogP contribution is 2.39. The molecule has 0 atom stereocenters. The molecule has 1 spiro atoms. The summed E-state index contributed by atoms with van der Waals surface area (Å²) < 4.78 is 1.95. The highest BCUT2D eigenvalue weighted by molar-refractivity contribution is 5.85.